The van der Waals surface area contributed by atoms with Gasteiger partial charge in [0.15, 0.2) is 5.58 Å². The lowest BCUT2D eigenvalue weighted by atomic mass is 9.98. The Balaban J connectivity index is 1.40. The summed E-state index contributed by atoms with van der Waals surface area (Å²) in [5.41, 5.74) is 3.73. The molecule has 0 saturated carbocycles. The predicted molar refractivity (Wildman–Crippen MR) is 124 cm³/mol. The van der Waals surface area contributed by atoms with Crippen molar-refractivity contribution in [3.8, 4) is 11.1 Å². The zero-order valence-corrected chi connectivity index (χ0v) is 18.1. The molecular formula is C27H26FNO3. The van der Waals surface area contributed by atoms with Gasteiger partial charge in [-0.3, -0.25) is 4.79 Å². The fourth-order valence-electron chi connectivity index (χ4n) is 4.03. The highest BCUT2D eigenvalue weighted by atomic mass is 19.1. The van der Waals surface area contributed by atoms with Crippen LogP contribution >= 0.6 is 0 Å². The topological polar surface area (TPSA) is 52.2 Å². The highest BCUT2D eigenvalue weighted by molar-refractivity contribution is 5.91. The van der Waals surface area contributed by atoms with Gasteiger partial charge in [0.05, 0.1) is 5.52 Å². The van der Waals surface area contributed by atoms with E-state index >= 15 is 0 Å². The Hall–Kier alpha value is -3.47. The van der Waals surface area contributed by atoms with Gasteiger partial charge < -0.3 is 4.42 Å². The first kappa shape index (κ1) is 21.8. The number of oxazole rings is 1. The number of carbonyl (C=O) groups is 1. The second kappa shape index (κ2) is 9.77. The third-order valence-corrected chi connectivity index (χ3v) is 5.79. The normalized spacial score (nSPS) is 12.2. The number of fused-ring (bicyclic) bond motifs is 1. The molecule has 1 aromatic heterocycles. The molecule has 5 heteroatoms. The lowest BCUT2D eigenvalue weighted by molar-refractivity contribution is 0.0877. The molecule has 0 aliphatic heterocycles. The van der Waals surface area contributed by atoms with E-state index in [2.05, 4.69) is 12.1 Å². The molecule has 164 valence electrons. The SMILES string of the molecule is CC(CCCCc1ccccc1)CC(=O)n1c(=O)oc2cc(-c3ccc(F)cc3)ccc21. The minimum Gasteiger partial charge on any atom is -0.407 e. The van der Waals surface area contributed by atoms with Gasteiger partial charge in [-0.25, -0.2) is 13.8 Å². The number of unbranched alkanes of at least 4 members (excludes halogenated alkanes) is 1. The molecule has 0 fully saturated rings. The summed E-state index contributed by atoms with van der Waals surface area (Å²) in [5, 5.41) is 0. The monoisotopic (exact) mass is 431 g/mol. The van der Waals surface area contributed by atoms with Crippen molar-refractivity contribution in [2.24, 2.45) is 5.92 Å². The predicted octanol–water partition coefficient (Wildman–Crippen LogP) is 6.48. The maximum atomic E-state index is 13.2. The van der Waals surface area contributed by atoms with E-state index in [1.807, 2.05) is 25.1 Å². The zero-order chi connectivity index (χ0) is 22.5. The van der Waals surface area contributed by atoms with E-state index in [0.717, 1.165) is 41.4 Å². The molecule has 0 aliphatic rings. The van der Waals surface area contributed by atoms with Crippen LogP contribution in [0.15, 0.2) is 82.0 Å². The Bertz CT molecular complexity index is 1260. The van der Waals surface area contributed by atoms with Crippen LogP contribution in [0.4, 0.5) is 4.39 Å². The van der Waals surface area contributed by atoms with Crippen LogP contribution in [0, 0.1) is 11.7 Å². The second-order valence-electron chi connectivity index (χ2n) is 8.33. The lowest BCUT2D eigenvalue weighted by Gasteiger charge is -2.10. The first-order chi connectivity index (χ1) is 15.5. The summed E-state index contributed by atoms with van der Waals surface area (Å²) in [7, 11) is 0. The highest BCUT2D eigenvalue weighted by Gasteiger charge is 2.19. The first-order valence-corrected chi connectivity index (χ1v) is 11.0. The highest BCUT2D eigenvalue weighted by Crippen LogP contribution is 2.25. The molecule has 1 heterocycles. The van der Waals surface area contributed by atoms with Crippen molar-refractivity contribution in [1.82, 2.24) is 4.57 Å². The zero-order valence-electron chi connectivity index (χ0n) is 18.1. The van der Waals surface area contributed by atoms with Gasteiger partial charge >= 0.3 is 5.76 Å². The van der Waals surface area contributed by atoms with Crippen LogP contribution in [0.2, 0.25) is 0 Å². The maximum absolute atomic E-state index is 13.2. The third kappa shape index (κ3) is 5.05. The summed E-state index contributed by atoms with van der Waals surface area (Å²) in [4.78, 5) is 25.3. The number of aromatic nitrogens is 1. The summed E-state index contributed by atoms with van der Waals surface area (Å²) in [6.45, 7) is 2.04. The van der Waals surface area contributed by atoms with Gasteiger partial charge in [0.2, 0.25) is 5.91 Å². The fourth-order valence-corrected chi connectivity index (χ4v) is 4.03. The van der Waals surface area contributed by atoms with Crippen LogP contribution in [0.1, 0.15) is 43.0 Å². The average Bonchev–Trinajstić information content (AvgIpc) is 3.13. The maximum Gasteiger partial charge on any atom is 0.426 e. The van der Waals surface area contributed by atoms with Gasteiger partial charge in [-0.2, -0.15) is 0 Å². The largest absolute Gasteiger partial charge is 0.426 e. The van der Waals surface area contributed by atoms with Gasteiger partial charge in [-0.1, -0.05) is 68.3 Å². The summed E-state index contributed by atoms with van der Waals surface area (Å²) >= 11 is 0. The van der Waals surface area contributed by atoms with E-state index in [9.17, 15) is 14.0 Å². The minimum atomic E-state index is -0.669. The number of benzene rings is 3. The standard InChI is InChI=1S/C27H26FNO3/c1-19(7-5-6-10-20-8-3-2-4-9-20)17-26(30)29-24-16-13-22(18-25(24)32-27(29)31)21-11-14-23(28)15-12-21/h2-4,8-9,11-16,18-19H,5-7,10,17H2,1H3. The number of aryl methyl sites for hydroxylation is 1. The van der Waals surface area contributed by atoms with Crippen LogP contribution in [0.5, 0.6) is 0 Å². The Kier molecular flexibility index (Phi) is 6.64. The van der Waals surface area contributed by atoms with Gasteiger partial charge in [-0.15, -0.1) is 0 Å². The fraction of sp³-hybridized carbons (Fsp3) is 0.259. The Morgan fingerprint density at radius 1 is 0.969 bits per heavy atom. The molecule has 0 amide bonds. The van der Waals surface area contributed by atoms with Gasteiger partial charge in [0, 0.05) is 6.42 Å². The first-order valence-electron chi connectivity index (χ1n) is 11.0. The molecule has 3 aromatic carbocycles. The van der Waals surface area contributed by atoms with Crippen LogP contribution in [-0.4, -0.2) is 10.5 Å². The molecule has 4 aromatic rings. The van der Waals surface area contributed by atoms with Crippen molar-refractivity contribution >= 4 is 17.0 Å². The number of hydrogen-bond acceptors (Lipinski definition) is 3. The van der Waals surface area contributed by atoms with Crippen molar-refractivity contribution in [3.05, 3.63) is 94.7 Å². The van der Waals surface area contributed by atoms with Gasteiger partial charge in [0.1, 0.15) is 5.82 Å². The van der Waals surface area contributed by atoms with E-state index in [1.54, 1.807) is 30.3 Å². The smallest absolute Gasteiger partial charge is 0.407 e. The van der Waals surface area contributed by atoms with E-state index in [0.29, 0.717) is 17.5 Å². The van der Waals surface area contributed by atoms with Crippen molar-refractivity contribution in [1.29, 1.82) is 0 Å². The number of hydrogen-bond donors (Lipinski definition) is 0. The minimum absolute atomic E-state index is 0.175. The molecule has 0 bridgehead atoms. The van der Waals surface area contributed by atoms with Crippen LogP contribution < -0.4 is 5.76 Å². The lowest BCUT2D eigenvalue weighted by Crippen LogP contribution is -2.24. The Morgan fingerprint density at radius 2 is 1.69 bits per heavy atom. The number of carbonyl (C=O) groups excluding carboxylic acids is 1. The number of halogens is 1. The van der Waals surface area contributed by atoms with Crippen molar-refractivity contribution in [2.75, 3.05) is 0 Å². The third-order valence-electron chi connectivity index (χ3n) is 5.79. The summed E-state index contributed by atoms with van der Waals surface area (Å²) in [6.07, 6.45) is 4.36. The molecule has 0 aliphatic carbocycles. The summed E-state index contributed by atoms with van der Waals surface area (Å²) in [6, 6.07) is 21.7. The molecule has 0 spiro atoms. The van der Waals surface area contributed by atoms with Gasteiger partial charge in [0.25, 0.3) is 0 Å². The van der Waals surface area contributed by atoms with E-state index in [1.165, 1.54) is 17.7 Å². The number of nitrogens with zero attached hydrogens (tertiary/aromatic N) is 1. The molecule has 1 atom stereocenters. The second-order valence-corrected chi connectivity index (χ2v) is 8.33. The quantitative estimate of drug-likeness (QED) is 0.300. The summed E-state index contributed by atoms with van der Waals surface area (Å²) in [5.74, 6) is -1.06. The van der Waals surface area contributed by atoms with E-state index in [-0.39, 0.29) is 17.6 Å². The van der Waals surface area contributed by atoms with Gasteiger partial charge in [-0.05, 0) is 59.7 Å². The van der Waals surface area contributed by atoms with Crippen LogP contribution in [0.25, 0.3) is 22.2 Å². The average molecular weight is 432 g/mol. The molecule has 1 unspecified atom stereocenters. The van der Waals surface area contributed by atoms with E-state index < -0.39 is 5.76 Å². The Labute approximate surface area is 186 Å². The number of rotatable bonds is 8. The van der Waals surface area contributed by atoms with Crippen LogP contribution in [0.3, 0.4) is 0 Å². The van der Waals surface area contributed by atoms with Crippen molar-refractivity contribution in [2.45, 2.75) is 39.0 Å². The van der Waals surface area contributed by atoms with Crippen molar-refractivity contribution < 1.29 is 13.6 Å². The van der Waals surface area contributed by atoms with Crippen molar-refractivity contribution in [3.63, 3.8) is 0 Å². The summed E-state index contributed by atoms with van der Waals surface area (Å²) < 4.78 is 19.7. The Morgan fingerprint density at radius 3 is 2.44 bits per heavy atom. The molecule has 0 saturated heterocycles. The van der Waals surface area contributed by atoms with E-state index in [4.69, 9.17) is 4.42 Å². The molecule has 0 radical (unpaired) electrons. The molecule has 4 rings (SSSR count). The molecule has 32 heavy (non-hydrogen) atoms. The molecule has 4 nitrogen and oxygen atoms in total. The van der Waals surface area contributed by atoms with Crippen LogP contribution in [-0.2, 0) is 6.42 Å². The molecule has 0 N–H and O–H groups in total. The molecular weight excluding hydrogens is 405 g/mol.